The van der Waals surface area contributed by atoms with E-state index >= 15 is 0 Å². The van der Waals surface area contributed by atoms with E-state index in [0.29, 0.717) is 35.8 Å². The van der Waals surface area contributed by atoms with Gasteiger partial charge in [0.25, 0.3) is 5.91 Å². The van der Waals surface area contributed by atoms with Crippen molar-refractivity contribution < 1.29 is 13.9 Å². The lowest BCUT2D eigenvalue weighted by Gasteiger charge is -2.26. The van der Waals surface area contributed by atoms with Gasteiger partial charge < -0.3 is 15.0 Å². The standard InChI is InChI=1S/C15H20BrFN2O2/c1-21-8-7-19(10-12-3-2-6-18-12)15(20)13-9-11(17)4-5-14(13)16/h4-5,9,12,18H,2-3,6-8,10H2,1H3. The van der Waals surface area contributed by atoms with Crippen molar-refractivity contribution in [3.63, 3.8) is 0 Å². The smallest absolute Gasteiger partial charge is 0.255 e. The van der Waals surface area contributed by atoms with Crippen molar-refractivity contribution >= 4 is 21.8 Å². The van der Waals surface area contributed by atoms with Crippen LogP contribution in [0.25, 0.3) is 0 Å². The van der Waals surface area contributed by atoms with Gasteiger partial charge in [0, 0.05) is 30.7 Å². The summed E-state index contributed by atoms with van der Waals surface area (Å²) in [5, 5.41) is 3.38. The molecular weight excluding hydrogens is 339 g/mol. The number of methoxy groups -OCH3 is 1. The number of hydrogen-bond donors (Lipinski definition) is 1. The summed E-state index contributed by atoms with van der Waals surface area (Å²) in [5.41, 5.74) is 0.351. The summed E-state index contributed by atoms with van der Waals surface area (Å²) in [6.45, 7) is 2.56. The molecule has 0 aromatic heterocycles. The number of rotatable bonds is 6. The number of carbonyl (C=O) groups excluding carboxylic acids is 1. The Morgan fingerprint density at radius 1 is 1.57 bits per heavy atom. The molecule has 0 bridgehead atoms. The lowest BCUT2D eigenvalue weighted by molar-refractivity contribution is 0.0678. The quantitative estimate of drug-likeness (QED) is 0.848. The molecule has 1 atom stereocenters. The van der Waals surface area contributed by atoms with E-state index < -0.39 is 5.82 Å². The molecule has 0 spiro atoms. The van der Waals surface area contributed by atoms with Crippen molar-refractivity contribution in [2.24, 2.45) is 0 Å². The fraction of sp³-hybridized carbons (Fsp3) is 0.533. The molecule has 1 aromatic carbocycles. The lowest BCUT2D eigenvalue weighted by Crippen LogP contribution is -2.42. The van der Waals surface area contributed by atoms with Gasteiger partial charge in [-0.1, -0.05) is 0 Å². The number of carbonyl (C=O) groups is 1. The summed E-state index contributed by atoms with van der Waals surface area (Å²) in [6.07, 6.45) is 2.18. The van der Waals surface area contributed by atoms with E-state index in [0.717, 1.165) is 19.4 Å². The Kier molecular flexibility index (Phi) is 6.14. The largest absolute Gasteiger partial charge is 0.383 e. The van der Waals surface area contributed by atoms with Crippen molar-refractivity contribution in [1.29, 1.82) is 0 Å². The molecule has 2 rings (SSSR count). The van der Waals surface area contributed by atoms with Gasteiger partial charge in [0.2, 0.25) is 0 Å². The normalized spacial score (nSPS) is 18.0. The third kappa shape index (κ3) is 4.49. The minimum atomic E-state index is -0.410. The molecule has 1 aliphatic rings. The molecule has 1 N–H and O–H groups in total. The maximum absolute atomic E-state index is 13.4. The van der Waals surface area contributed by atoms with Gasteiger partial charge in [0.15, 0.2) is 0 Å². The van der Waals surface area contributed by atoms with Gasteiger partial charge in [0.1, 0.15) is 5.82 Å². The van der Waals surface area contributed by atoms with Crippen LogP contribution >= 0.6 is 15.9 Å². The summed E-state index contributed by atoms with van der Waals surface area (Å²) < 4.78 is 19.1. The Balaban J connectivity index is 2.13. The van der Waals surface area contributed by atoms with Crippen molar-refractivity contribution in [1.82, 2.24) is 10.2 Å². The highest BCUT2D eigenvalue weighted by atomic mass is 79.9. The van der Waals surface area contributed by atoms with Crippen LogP contribution in [-0.4, -0.2) is 50.2 Å². The maximum Gasteiger partial charge on any atom is 0.255 e. The summed E-state index contributed by atoms with van der Waals surface area (Å²) in [5.74, 6) is -0.584. The van der Waals surface area contributed by atoms with E-state index in [-0.39, 0.29) is 5.91 Å². The van der Waals surface area contributed by atoms with Gasteiger partial charge in [-0.15, -0.1) is 0 Å². The molecular formula is C15H20BrFN2O2. The number of halogens is 2. The number of amides is 1. The monoisotopic (exact) mass is 358 g/mol. The first-order valence-electron chi connectivity index (χ1n) is 7.08. The van der Waals surface area contributed by atoms with E-state index in [9.17, 15) is 9.18 Å². The van der Waals surface area contributed by atoms with E-state index in [1.54, 1.807) is 18.1 Å². The van der Waals surface area contributed by atoms with Gasteiger partial charge in [-0.05, 0) is 53.5 Å². The van der Waals surface area contributed by atoms with Crippen molar-refractivity contribution in [2.45, 2.75) is 18.9 Å². The van der Waals surface area contributed by atoms with Gasteiger partial charge in [-0.25, -0.2) is 4.39 Å². The second kappa shape index (κ2) is 7.87. The Morgan fingerprint density at radius 3 is 3.05 bits per heavy atom. The number of nitrogens with zero attached hydrogens (tertiary/aromatic N) is 1. The van der Waals surface area contributed by atoms with Crippen molar-refractivity contribution in [3.05, 3.63) is 34.1 Å². The molecule has 1 unspecified atom stereocenters. The Bertz CT molecular complexity index is 493. The molecule has 1 aliphatic heterocycles. The van der Waals surface area contributed by atoms with E-state index in [1.165, 1.54) is 12.1 Å². The summed E-state index contributed by atoms with van der Waals surface area (Å²) in [4.78, 5) is 14.4. The Labute approximate surface area is 132 Å². The van der Waals surface area contributed by atoms with Crippen molar-refractivity contribution in [2.75, 3.05) is 33.4 Å². The molecule has 116 valence electrons. The average Bonchev–Trinajstić information content (AvgIpc) is 2.98. The second-order valence-electron chi connectivity index (χ2n) is 5.16. The highest BCUT2D eigenvalue weighted by Gasteiger charge is 2.23. The van der Waals surface area contributed by atoms with Crippen LogP contribution in [0.15, 0.2) is 22.7 Å². The zero-order chi connectivity index (χ0) is 15.2. The summed E-state index contributed by atoms with van der Waals surface area (Å²) in [7, 11) is 1.61. The number of benzene rings is 1. The van der Waals surface area contributed by atoms with Gasteiger partial charge in [-0.3, -0.25) is 4.79 Å². The molecule has 21 heavy (non-hydrogen) atoms. The number of hydrogen-bond acceptors (Lipinski definition) is 3. The van der Waals surface area contributed by atoms with E-state index in [4.69, 9.17) is 4.74 Å². The predicted octanol–water partition coefficient (Wildman–Crippen LogP) is 2.43. The van der Waals surface area contributed by atoms with Gasteiger partial charge in [-0.2, -0.15) is 0 Å². The lowest BCUT2D eigenvalue weighted by atomic mass is 10.1. The third-order valence-electron chi connectivity index (χ3n) is 3.61. The molecule has 1 heterocycles. The Morgan fingerprint density at radius 2 is 2.38 bits per heavy atom. The fourth-order valence-electron chi connectivity index (χ4n) is 2.49. The maximum atomic E-state index is 13.4. The zero-order valence-corrected chi connectivity index (χ0v) is 13.7. The first-order valence-corrected chi connectivity index (χ1v) is 7.87. The average molecular weight is 359 g/mol. The van der Waals surface area contributed by atoms with Crippen LogP contribution in [0.3, 0.4) is 0 Å². The van der Waals surface area contributed by atoms with Gasteiger partial charge >= 0.3 is 0 Å². The van der Waals surface area contributed by atoms with Crippen LogP contribution in [0.4, 0.5) is 4.39 Å². The molecule has 0 radical (unpaired) electrons. The summed E-state index contributed by atoms with van der Waals surface area (Å²) in [6, 6.07) is 4.47. The number of ether oxygens (including phenoxy) is 1. The molecule has 1 amide bonds. The number of nitrogens with one attached hydrogen (secondary N) is 1. The fourth-order valence-corrected chi connectivity index (χ4v) is 2.90. The van der Waals surface area contributed by atoms with Crippen LogP contribution in [0.2, 0.25) is 0 Å². The molecule has 1 saturated heterocycles. The highest BCUT2D eigenvalue weighted by Crippen LogP contribution is 2.20. The summed E-state index contributed by atoms with van der Waals surface area (Å²) >= 11 is 3.32. The minimum Gasteiger partial charge on any atom is -0.383 e. The van der Waals surface area contributed by atoms with Crippen LogP contribution in [0.1, 0.15) is 23.2 Å². The second-order valence-corrected chi connectivity index (χ2v) is 6.02. The minimum absolute atomic E-state index is 0.174. The molecule has 6 heteroatoms. The zero-order valence-electron chi connectivity index (χ0n) is 12.1. The molecule has 1 aromatic rings. The SMILES string of the molecule is COCCN(CC1CCCN1)C(=O)c1cc(F)ccc1Br. The van der Waals surface area contributed by atoms with Crippen LogP contribution in [-0.2, 0) is 4.74 Å². The van der Waals surface area contributed by atoms with Crippen LogP contribution in [0.5, 0.6) is 0 Å². The molecule has 0 saturated carbocycles. The highest BCUT2D eigenvalue weighted by molar-refractivity contribution is 9.10. The van der Waals surface area contributed by atoms with Crippen molar-refractivity contribution in [3.8, 4) is 0 Å². The van der Waals surface area contributed by atoms with Crippen LogP contribution in [0, 0.1) is 5.82 Å². The topological polar surface area (TPSA) is 41.6 Å². The predicted molar refractivity (Wildman–Crippen MR) is 82.9 cm³/mol. The first kappa shape index (κ1) is 16.4. The Hall–Kier alpha value is -0.980. The first-order chi connectivity index (χ1) is 10.1. The molecule has 4 nitrogen and oxygen atoms in total. The molecule has 1 fully saturated rings. The third-order valence-corrected chi connectivity index (χ3v) is 4.31. The van der Waals surface area contributed by atoms with E-state index in [1.807, 2.05) is 0 Å². The molecule has 0 aliphatic carbocycles. The van der Waals surface area contributed by atoms with E-state index in [2.05, 4.69) is 21.2 Å². The van der Waals surface area contributed by atoms with Gasteiger partial charge in [0.05, 0.1) is 12.2 Å². The van der Waals surface area contributed by atoms with Crippen LogP contribution < -0.4 is 5.32 Å².